The number of hydrogen-bond donors (Lipinski definition) is 1. The van der Waals surface area contributed by atoms with E-state index in [9.17, 15) is 9.90 Å². The van der Waals surface area contributed by atoms with Gasteiger partial charge in [0.25, 0.3) is 0 Å². The van der Waals surface area contributed by atoms with E-state index in [2.05, 4.69) is 43.3 Å². The topological polar surface area (TPSA) is 51.5 Å². The molecule has 0 aliphatic rings. The van der Waals surface area contributed by atoms with Crippen molar-refractivity contribution in [1.82, 2.24) is 4.57 Å². The summed E-state index contributed by atoms with van der Waals surface area (Å²) >= 11 is 0. The van der Waals surface area contributed by atoms with Gasteiger partial charge in [-0.15, -0.1) is 0 Å². The summed E-state index contributed by atoms with van der Waals surface area (Å²) in [5.74, 6) is -0.0912. The summed E-state index contributed by atoms with van der Waals surface area (Å²) < 4.78 is 8.15. The van der Waals surface area contributed by atoms with E-state index in [4.69, 9.17) is 4.74 Å². The quantitative estimate of drug-likeness (QED) is 0.208. The molecular formula is C35H29NO3. The highest BCUT2D eigenvalue weighted by molar-refractivity contribution is 6.13. The second kappa shape index (κ2) is 10.5. The van der Waals surface area contributed by atoms with Gasteiger partial charge in [0.05, 0.1) is 6.61 Å². The third kappa shape index (κ3) is 4.55. The van der Waals surface area contributed by atoms with Gasteiger partial charge in [0.15, 0.2) is 0 Å². The number of ether oxygens (including phenoxy) is 1. The third-order valence-corrected chi connectivity index (χ3v) is 7.32. The molecule has 5 aromatic carbocycles. The number of aromatic nitrogens is 1. The number of nitrogens with zero attached hydrogens (tertiary/aromatic N) is 1. The van der Waals surface area contributed by atoms with Gasteiger partial charge in [0, 0.05) is 28.4 Å². The Morgan fingerprint density at radius 1 is 0.769 bits per heavy atom. The van der Waals surface area contributed by atoms with Crippen LogP contribution in [0.3, 0.4) is 0 Å². The van der Waals surface area contributed by atoms with Crippen LogP contribution in [0.1, 0.15) is 22.5 Å². The van der Waals surface area contributed by atoms with Crippen LogP contribution in [0.25, 0.3) is 43.9 Å². The normalized spacial score (nSPS) is 11.2. The summed E-state index contributed by atoms with van der Waals surface area (Å²) in [6.07, 6.45) is 0.663. The van der Waals surface area contributed by atoms with E-state index in [0.29, 0.717) is 25.3 Å². The first kappa shape index (κ1) is 24.5. The third-order valence-electron chi connectivity index (χ3n) is 7.32. The van der Waals surface area contributed by atoms with Crippen molar-refractivity contribution in [1.29, 1.82) is 0 Å². The highest BCUT2D eigenvalue weighted by Gasteiger charge is 2.25. The molecule has 0 saturated carbocycles. The number of hydrogen-bond acceptors (Lipinski definition) is 2. The molecule has 4 heteroatoms. The number of carboxylic acids is 1. The van der Waals surface area contributed by atoms with Gasteiger partial charge in [0.2, 0.25) is 0 Å². The first-order chi connectivity index (χ1) is 19.1. The highest BCUT2D eigenvalue weighted by Crippen LogP contribution is 2.41. The molecule has 39 heavy (non-hydrogen) atoms. The molecule has 0 atom stereocenters. The van der Waals surface area contributed by atoms with E-state index < -0.39 is 5.97 Å². The molecule has 0 bridgehead atoms. The molecule has 192 valence electrons. The van der Waals surface area contributed by atoms with E-state index in [-0.39, 0.29) is 0 Å². The fourth-order valence-electron chi connectivity index (χ4n) is 5.57. The minimum Gasteiger partial charge on any atom is -0.493 e. The van der Waals surface area contributed by atoms with Crippen LogP contribution in [0.2, 0.25) is 0 Å². The van der Waals surface area contributed by atoms with Crippen molar-refractivity contribution < 1.29 is 14.6 Å². The number of carbonyl (C=O) groups is 1. The first-order valence-electron chi connectivity index (χ1n) is 13.2. The monoisotopic (exact) mass is 511 g/mol. The molecule has 6 rings (SSSR count). The van der Waals surface area contributed by atoms with Gasteiger partial charge in [-0.2, -0.15) is 0 Å². The standard InChI is InChI=1S/C35H29NO3/c1-24-12-5-7-17-27(24)29-19-10-20-30-33(29)32(26-14-3-2-4-15-26)34(35(37)38)36(30)22-11-23-39-31-21-9-16-25-13-6-8-18-28(25)31/h2-10,12-21H,11,22-23H2,1H3,(H,37,38). The van der Waals surface area contributed by atoms with E-state index in [0.717, 1.165) is 55.2 Å². The second-order valence-corrected chi connectivity index (χ2v) is 9.74. The van der Waals surface area contributed by atoms with Crippen molar-refractivity contribution >= 4 is 27.6 Å². The van der Waals surface area contributed by atoms with Gasteiger partial charge in [-0.1, -0.05) is 103 Å². The Labute approximate surface area is 227 Å². The predicted molar refractivity (Wildman–Crippen MR) is 159 cm³/mol. The number of fused-ring (bicyclic) bond motifs is 2. The predicted octanol–water partition coefficient (Wildman–Crippen LogP) is 8.60. The second-order valence-electron chi connectivity index (χ2n) is 9.74. The summed E-state index contributed by atoms with van der Waals surface area (Å²) in [6, 6.07) is 38.5. The van der Waals surface area contributed by atoms with E-state index in [1.165, 1.54) is 0 Å². The van der Waals surface area contributed by atoms with E-state index >= 15 is 0 Å². The lowest BCUT2D eigenvalue weighted by Gasteiger charge is -2.12. The van der Waals surface area contributed by atoms with Gasteiger partial charge < -0.3 is 14.4 Å². The lowest BCUT2D eigenvalue weighted by atomic mass is 9.93. The molecule has 0 aliphatic heterocycles. The maximum Gasteiger partial charge on any atom is 0.353 e. The molecule has 1 aromatic heterocycles. The molecular weight excluding hydrogens is 482 g/mol. The summed E-state index contributed by atoms with van der Waals surface area (Å²) in [5, 5.41) is 13.7. The number of aryl methyl sites for hydroxylation is 2. The first-order valence-corrected chi connectivity index (χ1v) is 13.2. The van der Waals surface area contributed by atoms with Crippen LogP contribution in [0.5, 0.6) is 5.75 Å². The van der Waals surface area contributed by atoms with Crippen molar-refractivity contribution in [3.8, 4) is 28.0 Å². The molecule has 0 radical (unpaired) electrons. The smallest absolute Gasteiger partial charge is 0.353 e. The lowest BCUT2D eigenvalue weighted by molar-refractivity contribution is 0.0686. The molecule has 0 spiro atoms. The van der Waals surface area contributed by atoms with Gasteiger partial charge in [-0.3, -0.25) is 0 Å². The van der Waals surface area contributed by atoms with Gasteiger partial charge in [-0.25, -0.2) is 4.79 Å². The minimum atomic E-state index is -0.934. The van der Waals surface area contributed by atoms with E-state index in [1.807, 2.05) is 83.4 Å². The molecule has 0 saturated heterocycles. The molecule has 0 aliphatic carbocycles. The number of rotatable bonds is 8. The largest absolute Gasteiger partial charge is 0.493 e. The summed E-state index contributed by atoms with van der Waals surface area (Å²) in [4.78, 5) is 12.8. The van der Waals surface area contributed by atoms with Crippen molar-refractivity contribution in [3.05, 3.63) is 127 Å². The Kier molecular flexibility index (Phi) is 6.60. The Balaban J connectivity index is 1.43. The molecule has 1 N–H and O–H groups in total. The zero-order chi connectivity index (χ0) is 26.8. The van der Waals surface area contributed by atoms with Crippen LogP contribution in [-0.2, 0) is 6.54 Å². The number of aromatic carboxylic acids is 1. The molecule has 1 heterocycles. The van der Waals surface area contributed by atoms with Crippen LogP contribution in [-0.4, -0.2) is 22.2 Å². The Morgan fingerprint density at radius 3 is 2.28 bits per heavy atom. The average molecular weight is 512 g/mol. The SMILES string of the molecule is Cc1ccccc1-c1cccc2c1c(-c1ccccc1)c(C(=O)O)n2CCCOc1cccc2ccccc12. The van der Waals surface area contributed by atoms with E-state index in [1.54, 1.807) is 0 Å². The average Bonchev–Trinajstić information content (AvgIpc) is 3.31. The van der Waals surface area contributed by atoms with Crippen molar-refractivity contribution in [3.63, 3.8) is 0 Å². The van der Waals surface area contributed by atoms with Gasteiger partial charge in [0.1, 0.15) is 11.4 Å². The molecule has 0 unspecified atom stereocenters. The zero-order valence-electron chi connectivity index (χ0n) is 21.8. The van der Waals surface area contributed by atoms with Crippen LogP contribution in [0.15, 0.2) is 115 Å². The van der Waals surface area contributed by atoms with Crippen LogP contribution < -0.4 is 4.74 Å². The summed E-state index contributed by atoms with van der Waals surface area (Å²) in [5.41, 5.74) is 6.17. The fraction of sp³-hybridized carbons (Fsp3) is 0.114. The van der Waals surface area contributed by atoms with Gasteiger partial charge >= 0.3 is 5.97 Å². The number of benzene rings is 5. The lowest BCUT2D eigenvalue weighted by Crippen LogP contribution is -2.12. The molecule has 6 aromatic rings. The molecule has 0 amide bonds. The van der Waals surface area contributed by atoms with Gasteiger partial charge in [-0.05, 0) is 53.1 Å². The highest BCUT2D eigenvalue weighted by atomic mass is 16.5. The Bertz CT molecular complexity index is 1800. The molecule has 4 nitrogen and oxygen atoms in total. The Hall–Kier alpha value is -4.83. The molecule has 0 fully saturated rings. The Morgan fingerprint density at radius 2 is 1.46 bits per heavy atom. The van der Waals surface area contributed by atoms with Crippen molar-refractivity contribution in [2.45, 2.75) is 19.9 Å². The fourth-order valence-corrected chi connectivity index (χ4v) is 5.57. The summed E-state index contributed by atoms with van der Waals surface area (Å²) in [6.45, 7) is 3.09. The maximum absolute atomic E-state index is 12.8. The zero-order valence-corrected chi connectivity index (χ0v) is 21.8. The summed E-state index contributed by atoms with van der Waals surface area (Å²) in [7, 11) is 0. The number of carboxylic acid groups (broad SMARTS) is 1. The van der Waals surface area contributed by atoms with Crippen molar-refractivity contribution in [2.75, 3.05) is 6.61 Å². The maximum atomic E-state index is 12.8. The van der Waals surface area contributed by atoms with Crippen LogP contribution >= 0.6 is 0 Å². The van der Waals surface area contributed by atoms with Crippen LogP contribution in [0.4, 0.5) is 0 Å². The minimum absolute atomic E-state index is 0.308. The van der Waals surface area contributed by atoms with Crippen LogP contribution in [0, 0.1) is 6.92 Å². The van der Waals surface area contributed by atoms with Crippen molar-refractivity contribution in [2.24, 2.45) is 0 Å².